The van der Waals surface area contributed by atoms with E-state index in [-0.39, 0.29) is 16.8 Å². The third kappa shape index (κ3) is 2.85. The number of hydrogen-bond donors (Lipinski definition) is 2. The Bertz CT molecular complexity index is 536. The molecule has 116 valence electrons. The second-order valence-electron chi connectivity index (χ2n) is 6.56. The van der Waals surface area contributed by atoms with E-state index in [1.165, 1.54) is 0 Å². The first kappa shape index (κ1) is 15.7. The van der Waals surface area contributed by atoms with E-state index in [0.29, 0.717) is 11.5 Å². The van der Waals surface area contributed by atoms with Gasteiger partial charge in [-0.25, -0.2) is 14.8 Å². The molecule has 1 fully saturated rings. The summed E-state index contributed by atoms with van der Waals surface area (Å²) in [4.78, 5) is 19.8. The van der Waals surface area contributed by atoms with Crippen LogP contribution in [0.4, 0.5) is 5.82 Å². The Kier molecular flexibility index (Phi) is 3.93. The number of aromatic nitrogens is 2. The van der Waals surface area contributed by atoms with Crippen LogP contribution >= 0.6 is 0 Å². The van der Waals surface area contributed by atoms with E-state index in [0.717, 1.165) is 25.7 Å². The molecule has 1 saturated carbocycles. The van der Waals surface area contributed by atoms with Crippen molar-refractivity contribution in [1.29, 1.82) is 0 Å². The van der Waals surface area contributed by atoms with Crippen LogP contribution in [0, 0.1) is 12.3 Å². The van der Waals surface area contributed by atoms with Crippen LogP contribution in [0.3, 0.4) is 0 Å². The summed E-state index contributed by atoms with van der Waals surface area (Å²) < 4.78 is 5.74. The van der Waals surface area contributed by atoms with Crippen molar-refractivity contribution in [3.8, 4) is 0 Å². The van der Waals surface area contributed by atoms with E-state index in [2.05, 4.69) is 23.8 Å². The number of nitrogen functional groups attached to an aromatic ring is 1. The summed E-state index contributed by atoms with van der Waals surface area (Å²) in [6, 6.07) is 0. The third-order valence-electron chi connectivity index (χ3n) is 4.54. The Hall–Kier alpha value is -1.69. The van der Waals surface area contributed by atoms with Crippen molar-refractivity contribution < 1.29 is 14.6 Å². The van der Waals surface area contributed by atoms with E-state index < -0.39 is 11.6 Å². The molecule has 0 radical (unpaired) electrons. The van der Waals surface area contributed by atoms with Crippen LogP contribution in [-0.2, 0) is 10.3 Å². The summed E-state index contributed by atoms with van der Waals surface area (Å²) in [7, 11) is 1.65. The zero-order valence-corrected chi connectivity index (χ0v) is 13.1. The summed E-state index contributed by atoms with van der Waals surface area (Å²) >= 11 is 0. The number of rotatable bonds is 3. The van der Waals surface area contributed by atoms with E-state index in [9.17, 15) is 4.79 Å². The lowest BCUT2D eigenvalue weighted by Crippen LogP contribution is -2.38. The van der Waals surface area contributed by atoms with Gasteiger partial charge in [0.05, 0.1) is 5.69 Å². The molecule has 1 aliphatic carbocycles. The Morgan fingerprint density at radius 3 is 2.24 bits per heavy atom. The number of nitrogens with zero attached hydrogens (tertiary/aromatic N) is 2. The van der Waals surface area contributed by atoms with Gasteiger partial charge >= 0.3 is 5.97 Å². The topological polar surface area (TPSA) is 98.3 Å². The molecule has 6 heteroatoms. The maximum Gasteiger partial charge on any atom is 0.341 e. The molecule has 0 spiro atoms. The second kappa shape index (κ2) is 5.26. The monoisotopic (exact) mass is 293 g/mol. The van der Waals surface area contributed by atoms with Gasteiger partial charge in [-0.2, -0.15) is 0 Å². The zero-order chi connectivity index (χ0) is 15.8. The van der Waals surface area contributed by atoms with Gasteiger partial charge in [-0.05, 0) is 38.0 Å². The molecule has 6 nitrogen and oxygen atoms in total. The number of carboxylic acids is 1. The highest BCUT2D eigenvalue weighted by molar-refractivity contribution is 5.93. The largest absolute Gasteiger partial charge is 0.477 e. The van der Waals surface area contributed by atoms with Crippen molar-refractivity contribution in [3.63, 3.8) is 0 Å². The van der Waals surface area contributed by atoms with E-state index in [1.54, 1.807) is 14.0 Å². The number of methoxy groups -OCH3 is 1. The molecule has 0 unspecified atom stereocenters. The molecule has 1 aromatic heterocycles. The summed E-state index contributed by atoms with van der Waals surface area (Å²) in [6.07, 6.45) is 3.62. The lowest BCUT2D eigenvalue weighted by atomic mass is 9.70. The van der Waals surface area contributed by atoms with E-state index in [4.69, 9.17) is 15.6 Å². The fourth-order valence-electron chi connectivity index (χ4n) is 2.91. The Balaban J connectivity index is 2.43. The van der Waals surface area contributed by atoms with Crippen LogP contribution in [0.15, 0.2) is 0 Å². The summed E-state index contributed by atoms with van der Waals surface area (Å²) in [5.74, 6) is -0.598. The minimum Gasteiger partial charge on any atom is -0.477 e. The molecule has 21 heavy (non-hydrogen) atoms. The molecule has 0 saturated heterocycles. The number of aryl methyl sites for hydroxylation is 1. The van der Waals surface area contributed by atoms with Crippen molar-refractivity contribution in [2.24, 2.45) is 5.41 Å². The summed E-state index contributed by atoms with van der Waals surface area (Å²) in [5.41, 5.74) is 5.88. The molecule has 3 N–H and O–H groups in total. The number of aromatic carboxylic acids is 1. The third-order valence-corrected chi connectivity index (χ3v) is 4.54. The van der Waals surface area contributed by atoms with Crippen molar-refractivity contribution in [2.45, 2.75) is 52.1 Å². The zero-order valence-electron chi connectivity index (χ0n) is 13.1. The maximum atomic E-state index is 11.2. The van der Waals surface area contributed by atoms with Crippen LogP contribution in [0.5, 0.6) is 0 Å². The van der Waals surface area contributed by atoms with Gasteiger partial charge in [-0.15, -0.1) is 0 Å². The predicted molar refractivity (Wildman–Crippen MR) is 79.1 cm³/mol. The Labute approximate surface area is 124 Å². The molecule has 0 amide bonds. The summed E-state index contributed by atoms with van der Waals surface area (Å²) in [5, 5.41) is 9.15. The fraction of sp³-hybridized carbons (Fsp3) is 0.667. The van der Waals surface area contributed by atoms with Crippen molar-refractivity contribution >= 4 is 11.8 Å². The quantitative estimate of drug-likeness (QED) is 0.888. The molecule has 1 aliphatic rings. The van der Waals surface area contributed by atoms with Gasteiger partial charge < -0.3 is 15.6 Å². The molecule has 1 aromatic rings. The smallest absolute Gasteiger partial charge is 0.341 e. The highest BCUT2D eigenvalue weighted by atomic mass is 16.5. The van der Waals surface area contributed by atoms with Crippen LogP contribution in [0.25, 0.3) is 0 Å². The van der Waals surface area contributed by atoms with Gasteiger partial charge in [0.1, 0.15) is 17.0 Å². The minimum atomic E-state index is -1.10. The SMILES string of the molecule is COC1(c2nc(C)c(C(=O)O)c(N)n2)CCC(C)(C)CC1. The van der Waals surface area contributed by atoms with Gasteiger partial charge in [0.25, 0.3) is 0 Å². The van der Waals surface area contributed by atoms with Gasteiger partial charge in [0.2, 0.25) is 0 Å². The van der Waals surface area contributed by atoms with Crippen LogP contribution < -0.4 is 5.73 Å². The van der Waals surface area contributed by atoms with Gasteiger partial charge in [-0.3, -0.25) is 0 Å². The number of anilines is 1. The van der Waals surface area contributed by atoms with Crippen molar-refractivity contribution in [3.05, 3.63) is 17.1 Å². The molecule has 2 rings (SSSR count). The fourth-order valence-corrected chi connectivity index (χ4v) is 2.91. The number of ether oxygens (including phenoxy) is 1. The van der Waals surface area contributed by atoms with Crippen molar-refractivity contribution in [2.75, 3.05) is 12.8 Å². The molecule has 0 aromatic carbocycles. The molecule has 1 heterocycles. The number of carboxylic acid groups (broad SMARTS) is 1. The number of nitrogens with two attached hydrogens (primary N) is 1. The highest BCUT2D eigenvalue weighted by Gasteiger charge is 2.42. The van der Waals surface area contributed by atoms with E-state index in [1.807, 2.05) is 0 Å². The second-order valence-corrected chi connectivity index (χ2v) is 6.56. The maximum absolute atomic E-state index is 11.2. The van der Waals surface area contributed by atoms with Crippen LogP contribution in [-0.4, -0.2) is 28.2 Å². The molecule has 0 bridgehead atoms. The highest BCUT2D eigenvalue weighted by Crippen LogP contribution is 2.46. The minimum absolute atomic E-state index is 0.00580. The first-order chi connectivity index (χ1) is 9.71. The standard InChI is InChI=1S/C15H23N3O3/c1-9-10(12(19)20)11(16)18-13(17-9)15(21-4)7-5-14(2,3)6-8-15/h5-8H2,1-4H3,(H,19,20)(H2,16,17,18). The first-order valence-electron chi connectivity index (χ1n) is 7.14. The molecular weight excluding hydrogens is 270 g/mol. The Morgan fingerprint density at radius 2 is 1.81 bits per heavy atom. The molecule has 0 aliphatic heterocycles. The number of carbonyl (C=O) groups is 1. The predicted octanol–water partition coefficient (Wildman–Crippen LogP) is 2.51. The first-order valence-corrected chi connectivity index (χ1v) is 7.14. The van der Waals surface area contributed by atoms with E-state index >= 15 is 0 Å². The lowest BCUT2D eigenvalue weighted by molar-refractivity contribution is -0.0729. The number of hydrogen-bond acceptors (Lipinski definition) is 5. The Morgan fingerprint density at radius 1 is 1.24 bits per heavy atom. The molecular formula is C15H23N3O3. The van der Waals surface area contributed by atoms with Crippen molar-refractivity contribution in [1.82, 2.24) is 9.97 Å². The normalized spacial score (nSPS) is 20.2. The lowest BCUT2D eigenvalue weighted by Gasteiger charge is -2.41. The van der Waals surface area contributed by atoms with Gasteiger partial charge in [0.15, 0.2) is 5.82 Å². The summed E-state index contributed by atoms with van der Waals surface area (Å²) in [6.45, 7) is 6.11. The average Bonchev–Trinajstić information content (AvgIpc) is 2.38. The average molecular weight is 293 g/mol. The van der Waals surface area contributed by atoms with Gasteiger partial charge in [0, 0.05) is 7.11 Å². The van der Waals surface area contributed by atoms with Gasteiger partial charge in [-0.1, -0.05) is 13.8 Å². The molecule has 0 atom stereocenters. The van der Waals surface area contributed by atoms with Crippen LogP contribution in [0.1, 0.15) is 61.4 Å². The van der Waals surface area contributed by atoms with Crippen LogP contribution in [0.2, 0.25) is 0 Å².